The number of aromatic amines is 1. The van der Waals surface area contributed by atoms with Gasteiger partial charge in [0, 0.05) is 19.0 Å². The van der Waals surface area contributed by atoms with E-state index in [1.54, 1.807) is 30.2 Å². The summed E-state index contributed by atoms with van der Waals surface area (Å²) < 4.78 is 10.8. The number of benzene rings is 1. The first-order chi connectivity index (χ1) is 14.1. The van der Waals surface area contributed by atoms with Gasteiger partial charge in [-0.25, -0.2) is 9.98 Å². The summed E-state index contributed by atoms with van der Waals surface area (Å²) in [5, 5.41) is 0. The molecule has 1 aliphatic rings. The fourth-order valence-corrected chi connectivity index (χ4v) is 4.22. The van der Waals surface area contributed by atoms with Crippen molar-refractivity contribution in [3.63, 3.8) is 0 Å². The number of amides is 1. The second-order valence-electron chi connectivity index (χ2n) is 7.15. The first kappa shape index (κ1) is 19.9. The third-order valence-electron chi connectivity index (χ3n) is 5.06. The average molecular weight is 413 g/mol. The van der Waals surface area contributed by atoms with Crippen molar-refractivity contribution in [1.82, 2.24) is 15.0 Å². The summed E-state index contributed by atoms with van der Waals surface area (Å²) in [6, 6.07) is 3.89. The van der Waals surface area contributed by atoms with Gasteiger partial charge in [-0.1, -0.05) is 0 Å². The Morgan fingerprint density at radius 3 is 2.86 bits per heavy atom. The van der Waals surface area contributed by atoms with Crippen LogP contribution in [-0.4, -0.2) is 53.0 Å². The van der Waals surface area contributed by atoms with Crippen LogP contribution in [0.25, 0.3) is 21.5 Å². The van der Waals surface area contributed by atoms with E-state index in [2.05, 4.69) is 19.9 Å². The zero-order chi connectivity index (χ0) is 20.2. The molecule has 8 heteroatoms. The number of aromatic nitrogens is 3. The van der Waals surface area contributed by atoms with Crippen LogP contribution in [-0.2, 0) is 9.47 Å². The molecule has 152 valence electrons. The molecule has 4 rings (SSSR count). The molecule has 7 nitrogen and oxygen atoms in total. The van der Waals surface area contributed by atoms with Crippen molar-refractivity contribution in [1.29, 1.82) is 0 Å². The quantitative estimate of drug-likeness (QED) is 0.614. The Morgan fingerprint density at radius 2 is 2.14 bits per heavy atom. The van der Waals surface area contributed by atoms with Gasteiger partial charge in [0.25, 0.3) is 5.91 Å². The highest BCUT2D eigenvalue weighted by atomic mass is 32.1. The molecule has 0 radical (unpaired) electrons. The van der Waals surface area contributed by atoms with E-state index >= 15 is 0 Å². The first-order valence-electron chi connectivity index (χ1n) is 9.74. The Kier molecular flexibility index (Phi) is 6.13. The molecule has 29 heavy (non-hydrogen) atoms. The molecule has 0 bridgehead atoms. The minimum atomic E-state index is -0.235. The molecular formula is C21H24N4O3S. The number of carbonyl (C=O) groups excluding carboxylic acids is 1. The Morgan fingerprint density at radius 1 is 1.31 bits per heavy atom. The lowest BCUT2D eigenvalue weighted by atomic mass is 9.95. The van der Waals surface area contributed by atoms with E-state index < -0.39 is 0 Å². The van der Waals surface area contributed by atoms with Crippen LogP contribution in [0.3, 0.4) is 0 Å². The van der Waals surface area contributed by atoms with Crippen molar-refractivity contribution in [3.8, 4) is 10.4 Å². The molecule has 0 aliphatic heterocycles. The van der Waals surface area contributed by atoms with Gasteiger partial charge in [0.2, 0.25) is 0 Å². The Balaban J connectivity index is 1.55. The predicted octanol–water partition coefficient (Wildman–Crippen LogP) is 4.18. The number of nitrogens with one attached hydrogen (secondary N) is 1. The van der Waals surface area contributed by atoms with Crippen molar-refractivity contribution in [3.05, 3.63) is 35.2 Å². The molecule has 1 fully saturated rings. The van der Waals surface area contributed by atoms with Crippen molar-refractivity contribution < 1.29 is 14.3 Å². The third kappa shape index (κ3) is 4.60. The fraction of sp³-hybridized carbons (Fsp3) is 0.429. The lowest BCUT2D eigenvalue weighted by Gasteiger charge is -2.23. The highest BCUT2D eigenvalue weighted by molar-refractivity contribution is 7.13. The van der Waals surface area contributed by atoms with Gasteiger partial charge in [-0.15, -0.1) is 11.3 Å². The molecule has 0 atom stereocenters. The van der Waals surface area contributed by atoms with Crippen molar-refractivity contribution >= 4 is 34.0 Å². The van der Waals surface area contributed by atoms with Crippen LogP contribution in [0.5, 0.6) is 0 Å². The minimum absolute atomic E-state index is 0.217. The van der Waals surface area contributed by atoms with E-state index in [1.165, 1.54) is 0 Å². The molecular weight excluding hydrogens is 388 g/mol. The van der Waals surface area contributed by atoms with Gasteiger partial charge < -0.3 is 14.5 Å². The van der Waals surface area contributed by atoms with Crippen molar-refractivity contribution in [2.75, 3.05) is 20.3 Å². The SMILES string of the molecule is COCCOC1CCC(=NC(=O)c2cc(-c3cncs3)cc3[nH]c(C)nc23)CC1. The van der Waals surface area contributed by atoms with Crippen molar-refractivity contribution in [2.45, 2.75) is 38.7 Å². The lowest BCUT2D eigenvalue weighted by Crippen LogP contribution is -2.23. The highest BCUT2D eigenvalue weighted by Crippen LogP contribution is 2.30. The second kappa shape index (κ2) is 8.94. The maximum absolute atomic E-state index is 13.0. The number of fused-ring (bicyclic) bond motifs is 1. The van der Waals surface area contributed by atoms with Crippen LogP contribution in [0.1, 0.15) is 41.9 Å². The highest BCUT2D eigenvalue weighted by Gasteiger charge is 2.21. The number of aliphatic imine (C=N–C) groups is 1. The summed E-state index contributed by atoms with van der Waals surface area (Å²) in [6.07, 6.45) is 5.34. The topological polar surface area (TPSA) is 89.5 Å². The molecule has 2 aromatic heterocycles. The number of rotatable bonds is 6. The smallest absolute Gasteiger partial charge is 0.279 e. The van der Waals surface area contributed by atoms with Gasteiger partial charge in [-0.2, -0.15) is 0 Å². The second-order valence-corrected chi connectivity index (χ2v) is 8.04. The van der Waals surface area contributed by atoms with Gasteiger partial charge >= 0.3 is 0 Å². The Hall–Kier alpha value is -2.42. The summed E-state index contributed by atoms with van der Waals surface area (Å²) in [6.45, 7) is 3.09. The Bertz CT molecular complexity index is 1020. The van der Waals surface area contributed by atoms with Gasteiger partial charge in [-0.05, 0) is 50.3 Å². The first-order valence-corrected chi connectivity index (χ1v) is 10.6. The number of hydrogen-bond donors (Lipinski definition) is 1. The van der Waals surface area contributed by atoms with Gasteiger partial charge in [0.1, 0.15) is 11.3 Å². The monoisotopic (exact) mass is 412 g/mol. The number of ether oxygens (including phenoxy) is 2. The van der Waals surface area contributed by atoms with Crippen LogP contribution in [0.4, 0.5) is 0 Å². The number of H-pyrrole nitrogens is 1. The van der Waals surface area contributed by atoms with Gasteiger partial charge in [0.15, 0.2) is 0 Å². The maximum atomic E-state index is 13.0. The van der Waals surface area contributed by atoms with Crippen LogP contribution >= 0.6 is 11.3 Å². The average Bonchev–Trinajstić information content (AvgIpc) is 3.37. The number of nitrogens with zero attached hydrogens (tertiary/aromatic N) is 3. The minimum Gasteiger partial charge on any atom is -0.382 e. The van der Waals surface area contributed by atoms with E-state index in [0.717, 1.165) is 53.2 Å². The number of methoxy groups -OCH3 is 1. The van der Waals surface area contributed by atoms with E-state index in [4.69, 9.17) is 9.47 Å². The molecule has 1 N–H and O–H groups in total. The normalized spacial score (nSPS) is 17.0. The number of hydrogen-bond acceptors (Lipinski definition) is 6. The summed E-state index contributed by atoms with van der Waals surface area (Å²) in [5.74, 6) is 0.540. The van der Waals surface area contributed by atoms with Gasteiger partial charge in [-0.3, -0.25) is 9.78 Å². The van der Waals surface area contributed by atoms with Crippen LogP contribution < -0.4 is 0 Å². The molecule has 2 heterocycles. The molecule has 1 amide bonds. The molecule has 0 unspecified atom stereocenters. The zero-order valence-corrected chi connectivity index (χ0v) is 17.4. The largest absolute Gasteiger partial charge is 0.382 e. The third-order valence-corrected chi connectivity index (χ3v) is 5.88. The summed E-state index contributed by atoms with van der Waals surface area (Å²) in [7, 11) is 1.67. The molecule has 1 saturated carbocycles. The van der Waals surface area contributed by atoms with Crippen molar-refractivity contribution in [2.24, 2.45) is 4.99 Å². The van der Waals surface area contributed by atoms with E-state index in [-0.39, 0.29) is 12.0 Å². The van der Waals surface area contributed by atoms with E-state index in [1.807, 2.05) is 19.1 Å². The predicted molar refractivity (Wildman–Crippen MR) is 114 cm³/mol. The number of thiazole rings is 1. The molecule has 0 saturated heterocycles. The summed E-state index contributed by atoms with van der Waals surface area (Å²) >= 11 is 1.54. The fourth-order valence-electron chi connectivity index (χ4n) is 3.61. The maximum Gasteiger partial charge on any atom is 0.279 e. The molecule has 1 aromatic carbocycles. The van der Waals surface area contributed by atoms with Crippen LogP contribution in [0, 0.1) is 6.92 Å². The van der Waals surface area contributed by atoms with Crippen LogP contribution in [0.2, 0.25) is 0 Å². The molecule has 0 spiro atoms. The molecule has 1 aliphatic carbocycles. The Labute approximate surface area is 173 Å². The summed E-state index contributed by atoms with van der Waals surface area (Å²) in [4.78, 5) is 30.4. The lowest BCUT2D eigenvalue weighted by molar-refractivity contribution is 0.00822. The summed E-state index contributed by atoms with van der Waals surface area (Å²) in [5.41, 5.74) is 5.70. The van der Waals surface area contributed by atoms with Crippen LogP contribution in [0.15, 0.2) is 28.8 Å². The number of aryl methyl sites for hydroxylation is 1. The molecule has 3 aromatic rings. The number of carbonyl (C=O) groups is 1. The standard InChI is InChI=1S/C21H24N4O3S/c1-13-23-18-10-14(19-11-22-12-29-19)9-17(20(18)24-13)21(26)25-15-3-5-16(6-4-15)28-8-7-27-2/h9-12,16H,3-8H2,1-2H3,(H,23,24). The zero-order valence-electron chi connectivity index (χ0n) is 16.6. The van der Waals surface area contributed by atoms with E-state index in [0.29, 0.717) is 24.3 Å². The van der Waals surface area contributed by atoms with Gasteiger partial charge in [0.05, 0.1) is 40.8 Å². The van der Waals surface area contributed by atoms with E-state index in [9.17, 15) is 4.79 Å². The number of imidazole rings is 1.